The summed E-state index contributed by atoms with van der Waals surface area (Å²) in [6, 6.07) is 14.6. The van der Waals surface area contributed by atoms with E-state index in [1.165, 1.54) is 0 Å². The van der Waals surface area contributed by atoms with E-state index in [0.29, 0.717) is 18.1 Å². The molecule has 0 fully saturated rings. The summed E-state index contributed by atoms with van der Waals surface area (Å²) in [6.07, 6.45) is 1.12. The number of aryl methyl sites for hydroxylation is 1. The van der Waals surface area contributed by atoms with Crippen LogP contribution in [-0.2, 0) is 22.6 Å². The molecule has 0 aliphatic heterocycles. The van der Waals surface area contributed by atoms with E-state index in [0.717, 1.165) is 23.1 Å². The Labute approximate surface area is 166 Å². The van der Waals surface area contributed by atoms with E-state index in [1.807, 2.05) is 50.2 Å². The number of benzene rings is 2. The predicted molar refractivity (Wildman–Crippen MR) is 110 cm³/mol. The number of hydrogen-bond donors (Lipinski definition) is 1. The van der Waals surface area contributed by atoms with E-state index in [2.05, 4.69) is 5.32 Å². The van der Waals surface area contributed by atoms with Gasteiger partial charge in [0.25, 0.3) is 0 Å². The molecule has 0 heterocycles. The van der Waals surface area contributed by atoms with Gasteiger partial charge in [-0.25, -0.2) is 0 Å². The predicted octanol–water partition coefficient (Wildman–Crippen LogP) is 4.13. The van der Waals surface area contributed by atoms with Crippen molar-refractivity contribution in [2.75, 3.05) is 6.54 Å². The zero-order valence-corrected chi connectivity index (χ0v) is 16.9. The van der Waals surface area contributed by atoms with Crippen LogP contribution in [-0.4, -0.2) is 29.3 Å². The lowest BCUT2D eigenvalue weighted by Gasteiger charge is -2.29. The van der Waals surface area contributed by atoms with Crippen LogP contribution in [0.5, 0.6) is 0 Å². The lowest BCUT2D eigenvalue weighted by Crippen LogP contribution is -2.48. The van der Waals surface area contributed by atoms with Gasteiger partial charge in [-0.2, -0.15) is 0 Å². The fourth-order valence-electron chi connectivity index (χ4n) is 2.84. The number of nitrogens with one attached hydrogen (secondary N) is 1. The second kappa shape index (κ2) is 10.1. The molecule has 0 radical (unpaired) electrons. The maximum Gasteiger partial charge on any atom is 0.242 e. The van der Waals surface area contributed by atoms with Crippen LogP contribution in [0.4, 0.5) is 0 Å². The van der Waals surface area contributed by atoms with E-state index in [-0.39, 0.29) is 18.2 Å². The lowest BCUT2D eigenvalue weighted by molar-refractivity contribution is -0.140. The van der Waals surface area contributed by atoms with Crippen LogP contribution >= 0.6 is 11.6 Å². The fourth-order valence-corrected chi connectivity index (χ4v) is 2.96. The number of amides is 2. The molecule has 2 aromatic carbocycles. The summed E-state index contributed by atoms with van der Waals surface area (Å²) >= 11 is 5.96. The van der Waals surface area contributed by atoms with E-state index < -0.39 is 6.04 Å². The first-order valence-electron chi connectivity index (χ1n) is 9.28. The van der Waals surface area contributed by atoms with Crippen molar-refractivity contribution in [3.63, 3.8) is 0 Å². The quantitative estimate of drug-likeness (QED) is 0.741. The van der Waals surface area contributed by atoms with E-state index in [9.17, 15) is 9.59 Å². The molecule has 2 aromatic rings. The van der Waals surface area contributed by atoms with Crippen molar-refractivity contribution >= 4 is 23.4 Å². The van der Waals surface area contributed by atoms with Crippen LogP contribution in [0.25, 0.3) is 0 Å². The van der Waals surface area contributed by atoms with Gasteiger partial charge < -0.3 is 10.2 Å². The minimum atomic E-state index is -0.552. The third-order valence-electron chi connectivity index (χ3n) is 4.59. The van der Waals surface area contributed by atoms with Gasteiger partial charge in [-0.1, -0.05) is 54.9 Å². The molecule has 0 aromatic heterocycles. The van der Waals surface area contributed by atoms with Crippen molar-refractivity contribution < 1.29 is 9.59 Å². The molecule has 2 amide bonds. The van der Waals surface area contributed by atoms with Gasteiger partial charge in [0, 0.05) is 18.1 Å². The molecule has 144 valence electrons. The standard InChI is InChI=1S/C22H27ClN2O2/c1-4-13-24-22(27)17(3)25(15-18-9-11-20(23)12-10-18)21(26)14-19-8-6-5-7-16(19)2/h5-12,17H,4,13-15H2,1-3H3,(H,24,27)/t17-/m1/s1. The summed E-state index contributed by atoms with van der Waals surface area (Å²) in [7, 11) is 0. The normalized spacial score (nSPS) is 11.7. The summed E-state index contributed by atoms with van der Waals surface area (Å²) < 4.78 is 0. The molecule has 0 saturated carbocycles. The second-order valence-electron chi connectivity index (χ2n) is 6.72. The van der Waals surface area contributed by atoms with Crippen molar-refractivity contribution in [1.29, 1.82) is 0 Å². The molecule has 1 atom stereocenters. The van der Waals surface area contributed by atoms with Gasteiger partial charge in [0.15, 0.2) is 0 Å². The molecule has 0 aliphatic rings. The first kappa shape index (κ1) is 21.0. The maximum absolute atomic E-state index is 13.1. The average molecular weight is 387 g/mol. The van der Waals surface area contributed by atoms with Gasteiger partial charge in [-0.05, 0) is 49.1 Å². The molecule has 5 heteroatoms. The molecule has 4 nitrogen and oxygen atoms in total. The van der Waals surface area contributed by atoms with Gasteiger partial charge in [-0.15, -0.1) is 0 Å². The van der Waals surface area contributed by atoms with Crippen LogP contribution in [0.2, 0.25) is 5.02 Å². The van der Waals surface area contributed by atoms with Gasteiger partial charge in [0.1, 0.15) is 6.04 Å². The molecule has 0 bridgehead atoms. The number of carbonyl (C=O) groups excluding carboxylic acids is 2. The van der Waals surface area contributed by atoms with E-state index in [1.54, 1.807) is 24.0 Å². The summed E-state index contributed by atoms with van der Waals surface area (Å²) in [5.41, 5.74) is 2.98. The molecular weight excluding hydrogens is 360 g/mol. The number of hydrogen-bond acceptors (Lipinski definition) is 2. The fraction of sp³-hybridized carbons (Fsp3) is 0.364. The first-order valence-corrected chi connectivity index (χ1v) is 9.66. The monoisotopic (exact) mass is 386 g/mol. The van der Waals surface area contributed by atoms with Crippen molar-refractivity contribution in [2.24, 2.45) is 0 Å². The molecule has 0 saturated heterocycles. The van der Waals surface area contributed by atoms with Gasteiger partial charge >= 0.3 is 0 Å². The number of nitrogens with zero attached hydrogens (tertiary/aromatic N) is 1. The van der Waals surface area contributed by atoms with Crippen molar-refractivity contribution in [1.82, 2.24) is 10.2 Å². The Morgan fingerprint density at radius 2 is 1.78 bits per heavy atom. The molecule has 1 N–H and O–H groups in total. The molecule has 27 heavy (non-hydrogen) atoms. The number of rotatable bonds is 8. The largest absolute Gasteiger partial charge is 0.354 e. The van der Waals surface area contributed by atoms with Gasteiger partial charge in [-0.3, -0.25) is 9.59 Å². The minimum Gasteiger partial charge on any atom is -0.354 e. The zero-order valence-electron chi connectivity index (χ0n) is 16.2. The Morgan fingerprint density at radius 1 is 1.11 bits per heavy atom. The van der Waals surface area contributed by atoms with Crippen LogP contribution in [0.15, 0.2) is 48.5 Å². The third-order valence-corrected chi connectivity index (χ3v) is 4.84. The van der Waals surface area contributed by atoms with Gasteiger partial charge in [0.05, 0.1) is 6.42 Å². The highest BCUT2D eigenvalue weighted by atomic mass is 35.5. The zero-order chi connectivity index (χ0) is 19.8. The molecule has 0 aliphatic carbocycles. The first-order chi connectivity index (χ1) is 12.9. The molecule has 0 spiro atoms. The highest BCUT2D eigenvalue weighted by Gasteiger charge is 2.26. The van der Waals surface area contributed by atoms with Crippen LogP contribution in [0.3, 0.4) is 0 Å². The summed E-state index contributed by atoms with van der Waals surface area (Å²) in [6.45, 7) is 6.73. The smallest absolute Gasteiger partial charge is 0.242 e. The number of carbonyl (C=O) groups is 2. The molecular formula is C22H27ClN2O2. The highest BCUT2D eigenvalue weighted by molar-refractivity contribution is 6.30. The van der Waals surface area contributed by atoms with Gasteiger partial charge in [0.2, 0.25) is 11.8 Å². The highest BCUT2D eigenvalue weighted by Crippen LogP contribution is 2.16. The molecule has 0 unspecified atom stereocenters. The summed E-state index contributed by atoms with van der Waals surface area (Å²) in [5.74, 6) is -0.206. The van der Waals surface area contributed by atoms with Crippen LogP contribution < -0.4 is 5.32 Å². The Bertz CT molecular complexity index is 774. The topological polar surface area (TPSA) is 49.4 Å². The SMILES string of the molecule is CCCNC(=O)[C@@H](C)N(Cc1ccc(Cl)cc1)C(=O)Cc1ccccc1C. The van der Waals surface area contributed by atoms with Crippen molar-refractivity contribution in [2.45, 2.75) is 46.2 Å². The van der Waals surface area contributed by atoms with E-state index >= 15 is 0 Å². The van der Waals surface area contributed by atoms with E-state index in [4.69, 9.17) is 11.6 Å². The minimum absolute atomic E-state index is 0.0709. The lowest BCUT2D eigenvalue weighted by atomic mass is 10.0. The van der Waals surface area contributed by atoms with Crippen LogP contribution in [0, 0.1) is 6.92 Å². The summed E-state index contributed by atoms with van der Waals surface area (Å²) in [4.78, 5) is 27.2. The maximum atomic E-state index is 13.1. The Hall–Kier alpha value is -2.33. The third kappa shape index (κ3) is 6.10. The Balaban J connectivity index is 2.21. The van der Waals surface area contributed by atoms with Crippen LogP contribution in [0.1, 0.15) is 37.0 Å². The average Bonchev–Trinajstić information content (AvgIpc) is 2.66. The Morgan fingerprint density at radius 3 is 2.41 bits per heavy atom. The molecule has 2 rings (SSSR count). The second-order valence-corrected chi connectivity index (χ2v) is 7.15. The van der Waals surface area contributed by atoms with Crippen molar-refractivity contribution in [3.8, 4) is 0 Å². The van der Waals surface area contributed by atoms with Crippen molar-refractivity contribution in [3.05, 3.63) is 70.2 Å². The Kier molecular flexibility index (Phi) is 7.86. The summed E-state index contributed by atoms with van der Waals surface area (Å²) in [5, 5.41) is 3.53. The number of halogens is 1.